The first-order chi connectivity index (χ1) is 8.04. The summed E-state index contributed by atoms with van der Waals surface area (Å²) in [6.45, 7) is 1.04. The molecular formula is C11H13F2NO3. The van der Waals surface area contributed by atoms with Gasteiger partial charge in [0.25, 0.3) is 6.43 Å². The van der Waals surface area contributed by atoms with Crippen LogP contribution in [0.1, 0.15) is 17.3 Å². The van der Waals surface area contributed by atoms with E-state index in [1.54, 1.807) is 6.92 Å². The summed E-state index contributed by atoms with van der Waals surface area (Å²) in [5, 5.41) is 0. The molecule has 0 aromatic heterocycles. The summed E-state index contributed by atoms with van der Waals surface area (Å²) in [7, 11) is 0. The van der Waals surface area contributed by atoms with Crippen molar-refractivity contribution in [3.8, 4) is 5.75 Å². The number of carbonyl (C=O) groups is 1. The Labute approximate surface area is 97.3 Å². The second-order valence-corrected chi connectivity index (χ2v) is 3.18. The van der Waals surface area contributed by atoms with Gasteiger partial charge in [-0.2, -0.15) is 0 Å². The van der Waals surface area contributed by atoms with Crippen molar-refractivity contribution in [2.45, 2.75) is 13.3 Å². The average Bonchev–Trinajstić information content (AvgIpc) is 2.26. The van der Waals surface area contributed by atoms with E-state index in [4.69, 9.17) is 15.2 Å². The maximum atomic E-state index is 12.0. The summed E-state index contributed by atoms with van der Waals surface area (Å²) in [6.07, 6.45) is -2.62. The van der Waals surface area contributed by atoms with Crippen LogP contribution in [0.15, 0.2) is 18.2 Å². The van der Waals surface area contributed by atoms with E-state index in [-0.39, 0.29) is 17.9 Å². The van der Waals surface area contributed by atoms with Crippen molar-refractivity contribution in [3.05, 3.63) is 23.8 Å². The normalized spacial score (nSPS) is 10.4. The summed E-state index contributed by atoms with van der Waals surface area (Å²) in [4.78, 5) is 11.5. The highest BCUT2D eigenvalue weighted by atomic mass is 19.3. The van der Waals surface area contributed by atoms with E-state index < -0.39 is 19.0 Å². The van der Waals surface area contributed by atoms with E-state index >= 15 is 0 Å². The molecule has 0 heterocycles. The van der Waals surface area contributed by atoms with Crippen molar-refractivity contribution in [2.75, 3.05) is 18.9 Å². The third-order valence-corrected chi connectivity index (χ3v) is 1.87. The standard InChI is InChI=1S/C11H13F2NO3/c1-2-16-11(15)8-4-3-7(14)5-9(8)17-6-10(12)13/h3-5,10H,2,6,14H2,1H3. The van der Waals surface area contributed by atoms with Crippen molar-refractivity contribution in [3.63, 3.8) is 0 Å². The Hall–Kier alpha value is -1.85. The van der Waals surface area contributed by atoms with Gasteiger partial charge in [-0.1, -0.05) is 0 Å². The summed E-state index contributed by atoms with van der Waals surface area (Å²) in [5.41, 5.74) is 5.89. The molecule has 0 radical (unpaired) electrons. The number of carbonyl (C=O) groups excluding carboxylic acids is 1. The fourth-order valence-corrected chi connectivity index (χ4v) is 1.19. The Balaban J connectivity index is 2.91. The van der Waals surface area contributed by atoms with Crippen molar-refractivity contribution >= 4 is 11.7 Å². The second-order valence-electron chi connectivity index (χ2n) is 3.18. The van der Waals surface area contributed by atoms with Crippen LogP contribution in [-0.2, 0) is 4.74 Å². The van der Waals surface area contributed by atoms with Gasteiger partial charge < -0.3 is 15.2 Å². The van der Waals surface area contributed by atoms with E-state index in [0.29, 0.717) is 5.69 Å². The zero-order valence-electron chi connectivity index (χ0n) is 9.28. The first-order valence-electron chi connectivity index (χ1n) is 5.02. The highest BCUT2D eigenvalue weighted by molar-refractivity contribution is 5.93. The maximum Gasteiger partial charge on any atom is 0.341 e. The lowest BCUT2D eigenvalue weighted by Crippen LogP contribution is -2.12. The molecule has 0 saturated carbocycles. The third kappa shape index (κ3) is 3.90. The predicted octanol–water partition coefficient (Wildman–Crippen LogP) is 2.09. The molecule has 0 amide bonds. The van der Waals surface area contributed by atoms with Crippen LogP contribution in [0, 0.1) is 0 Å². The van der Waals surface area contributed by atoms with Crippen LogP contribution in [0.25, 0.3) is 0 Å². The number of esters is 1. The Kier molecular flexibility index (Phi) is 4.68. The van der Waals surface area contributed by atoms with Gasteiger partial charge in [0.1, 0.15) is 17.9 Å². The molecular weight excluding hydrogens is 232 g/mol. The summed E-state index contributed by atoms with van der Waals surface area (Å²) < 4.78 is 33.6. The summed E-state index contributed by atoms with van der Waals surface area (Å²) >= 11 is 0. The molecule has 6 heteroatoms. The van der Waals surface area contributed by atoms with E-state index in [9.17, 15) is 13.6 Å². The lowest BCUT2D eigenvalue weighted by atomic mass is 10.2. The number of hydrogen-bond acceptors (Lipinski definition) is 4. The summed E-state index contributed by atoms with van der Waals surface area (Å²) in [5.74, 6) is -0.625. The Morgan fingerprint density at radius 1 is 1.47 bits per heavy atom. The molecule has 0 atom stereocenters. The highest BCUT2D eigenvalue weighted by Crippen LogP contribution is 2.23. The van der Waals surface area contributed by atoms with Crippen molar-refractivity contribution in [2.24, 2.45) is 0 Å². The number of halogens is 2. The van der Waals surface area contributed by atoms with Crippen LogP contribution >= 0.6 is 0 Å². The molecule has 0 aliphatic heterocycles. The third-order valence-electron chi connectivity index (χ3n) is 1.87. The predicted molar refractivity (Wildman–Crippen MR) is 58.3 cm³/mol. The molecule has 94 valence electrons. The van der Waals surface area contributed by atoms with Crippen LogP contribution in [0.4, 0.5) is 14.5 Å². The minimum absolute atomic E-state index is 0.00347. The SMILES string of the molecule is CCOC(=O)c1ccc(N)cc1OCC(F)F. The Morgan fingerprint density at radius 3 is 2.76 bits per heavy atom. The average molecular weight is 245 g/mol. The molecule has 0 spiro atoms. The van der Waals surface area contributed by atoms with E-state index in [1.165, 1.54) is 18.2 Å². The topological polar surface area (TPSA) is 61.5 Å². The number of ether oxygens (including phenoxy) is 2. The number of nitrogen functional groups attached to an aromatic ring is 1. The molecule has 4 nitrogen and oxygen atoms in total. The number of rotatable bonds is 5. The van der Waals surface area contributed by atoms with Crippen molar-refractivity contribution in [1.82, 2.24) is 0 Å². The van der Waals surface area contributed by atoms with Gasteiger partial charge in [-0.15, -0.1) is 0 Å². The number of anilines is 1. The fraction of sp³-hybridized carbons (Fsp3) is 0.364. The van der Waals surface area contributed by atoms with Crippen molar-refractivity contribution < 1.29 is 23.0 Å². The van der Waals surface area contributed by atoms with Crippen LogP contribution in [0.2, 0.25) is 0 Å². The molecule has 0 fully saturated rings. The smallest absolute Gasteiger partial charge is 0.341 e. The van der Waals surface area contributed by atoms with Gasteiger partial charge in [0.15, 0.2) is 0 Å². The maximum absolute atomic E-state index is 12.0. The van der Waals surface area contributed by atoms with E-state index in [0.717, 1.165) is 0 Å². The molecule has 0 aliphatic rings. The van der Waals surface area contributed by atoms with Gasteiger partial charge in [0, 0.05) is 11.8 Å². The zero-order chi connectivity index (χ0) is 12.8. The number of benzene rings is 1. The fourth-order valence-electron chi connectivity index (χ4n) is 1.19. The minimum Gasteiger partial charge on any atom is -0.487 e. The number of nitrogens with two attached hydrogens (primary N) is 1. The second kappa shape index (κ2) is 6.03. The largest absolute Gasteiger partial charge is 0.487 e. The van der Waals surface area contributed by atoms with Gasteiger partial charge in [0.2, 0.25) is 0 Å². The molecule has 0 unspecified atom stereocenters. The van der Waals surface area contributed by atoms with Crippen LogP contribution < -0.4 is 10.5 Å². The zero-order valence-corrected chi connectivity index (χ0v) is 9.28. The molecule has 0 saturated heterocycles. The molecule has 0 aliphatic carbocycles. The monoisotopic (exact) mass is 245 g/mol. The van der Waals surface area contributed by atoms with E-state index in [2.05, 4.69) is 0 Å². The Bertz CT molecular complexity index is 396. The molecule has 1 rings (SSSR count). The van der Waals surface area contributed by atoms with E-state index in [1.807, 2.05) is 0 Å². The highest BCUT2D eigenvalue weighted by Gasteiger charge is 2.15. The van der Waals surface area contributed by atoms with Crippen LogP contribution in [0.5, 0.6) is 5.75 Å². The number of alkyl halides is 2. The van der Waals surface area contributed by atoms with Gasteiger partial charge >= 0.3 is 5.97 Å². The number of hydrogen-bond donors (Lipinski definition) is 1. The summed E-state index contributed by atoms with van der Waals surface area (Å²) in [6, 6.07) is 4.17. The van der Waals surface area contributed by atoms with Gasteiger partial charge in [-0.05, 0) is 19.1 Å². The minimum atomic E-state index is -2.62. The molecule has 0 bridgehead atoms. The quantitative estimate of drug-likeness (QED) is 0.637. The molecule has 1 aromatic carbocycles. The van der Waals surface area contributed by atoms with Gasteiger partial charge in [-0.25, -0.2) is 13.6 Å². The first-order valence-corrected chi connectivity index (χ1v) is 5.02. The molecule has 17 heavy (non-hydrogen) atoms. The van der Waals surface area contributed by atoms with Crippen LogP contribution in [-0.4, -0.2) is 25.6 Å². The molecule has 2 N–H and O–H groups in total. The lowest BCUT2D eigenvalue weighted by Gasteiger charge is -2.11. The molecule has 1 aromatic rings. The Morgan fingerprint density at radius 2 is 2.18 bits per heavy atom. The van der Waals surface area contributed by atoms with Gasteiger partial charge in [0.05, 0.1) is 6.61 Å². The van der Waals surface area contributed by atoms with Gasteiger partial charge in [-0.3, -0.25) is 0 Å². The van der Waals surface area contributed by atoms with Crippen molar-refractivity contribution in [1.29, 1.82) is 0 Å². The lowest BCUT2D eigenvalue weighted by molar-refractivity contribution is 0.0508. The van der Waals surface area contributed by atoms with Crippen LogP contribution in [0.3, 0.4) is 0 Å². The first kappa shape index (κ1) is 13.2.